The van der Waals surface area contributed by atoms with E-state index in [2.05, 4.69) is 15.5 Å². The summed E-state index contributed by atoms with van der Waals surface area (Å²) in [6.45, 7) is 1.44. The number of hydrogen-bond donors (Lipinski definition) is 1. The molecule has 1 heterocycles. The molecule has 4 nitrogen and oxygen atoms in total. The van der Waals surface area contributed by atoms with Crippen LogP contribution in [0.2, 0.25) is 0 Å². The standard InChI is InChI=1S/C5H8FN3O/c1-4-8-9-5(10-4)7-3-2-6/h2-3H2,1H3,(H,7,9). The van der Waals surface area contributed by atoms with Gasteiger partial charge in [-0.25, -0.2) is 4.39 Å². The molecule has 1 aromatic rings. The van der Waals surface area contributed by atoms with Crippen LogP contribution < -0.4 is 5.32 Å². The van der Waals surface area contributed by atoms with Crippen LogP contribution in [0.15, 0.2) is 4.42 Å². The van der Waals surface area contributed by atoms with E-state index in [1.165, 1.54) is 0 Å². The summed E-state index contributed by atoms with van der Waals surface area (Å²) in [4.78, 5) is 0. The van der Waals surface area contributed by atoms with Gasteiger partial charge < -0.3 is 9.73 Å². The predicted molar refractivity (Wildman–Crippen MR) is 33.5 cm³/mol. The number of rotatable bonds is 3. The highest BCUT2D eigenvalue weighted by atomic mass is 19.1. The molecule has 0 saturated heterocycles. The first-order chi connectivity index (χ1) is 4.83. The van der Waals surface area contributed by atoms with Crippen molar-refractivity contribution >= 4 is 6.01 Å². The second-order valence-corrected chi connectivity index (χ2v) is 1.74. The van der Waals surface area contributed by atoms with Crippen molar-refractivity contribution < 1.29 is 8.81 Å². The van der Waals surface area contributed by atoms with Crippen LogP contribution in [0, 0.1) is 6.92 Å². The Bertz CT molecular complexity index is 201. The van der Waals surface area contributed by atoms with E-state index in [0.29, 0.717) is 5.89 Å². The maximum atomic E-state index is 11.5. The third-order valence-corrected chi connectivity index (χ3v) is 0.897. The third kappa shape index (κ3) is 1.68. The fourth-order valence-corrected chi connectivity index (χ4v) is 0.522. The van der Waals surface area contributed by atoms with Crippen molar-refractivity contribution in [3.63, 3.8) is 0 Å². The van der Waals surface area contributed by atoms with Crippen LogP contribution >= 0.6 is 0 Å². The summed E-state index contributed by atoms with van der Waals surface area (Å²) in [5.41, 5.74) is 0. The van der Waals surface area contributed by atoms with Gasteiger partial charge in [-0.05, 0) is 0 Å². The van der Waals surface area contributed by atoms with E-state index < -0.39 is 6.67 Å². The average molecular weight is 145 g/mol. The van der Waals surface area contributed by atoms with Gasteiger partial charge in [0, 0.05) is 13.5 Å². The van der Waals surface area contributed by atoms with Gasteiger partial charge in [0.15, 0.2) is 0 Å². The Kier molecular flexibility index (Phi) is 2.20. The number of anilines is 1. The minimum Gasteiger partial charge on any atom is -0.408 e. The zero-order valence-corrected chi connectivity index (χ0v) is 5.59. The number of hydrogen-bond acceptors (Lipinski definition) is 4. The SMILES string of the molecule is Cc1nnc(NCCF)o1. The summed E-state index contributed by atoms with van der Waals surface area (Å²) in [6, 6.07) is 0.273. The molecule has 1 N–H and O–H groups in total. The summed E-state index contributed by atoms with van der Waals surface area (Å²) in [7, 11) is 0. The Morgan fingerprint density at radius 3 is 2.90 bits per heavy atom. The zero-order valence-electron chi connectivity index (χ0n) is 5.59. The Morgan fingerprint density at radius 2 is 2.40 bits per heavy atom. The number of nitrogens with one attached hydrogen (secondary N) is 1. The second kappa shape index (κ2) is 3.14. The maximum absolute atomic E-state index is 11.5. The van der Waals surface area contributed by atoms with Gasteiger partial charge in [-0.1, -0.05) is 5.10 Å². The van der Waals surface area contributed by atoms with Crippen LogP contribution in [-0.2, 0) is 0 Å². The maximum Gasteiger partial charge on any atom is 0.315 e. The lowest BCUT2D eigenvalue weighted by atomic mass is 10.7. The van der Waals surface area contributed by atoms with Gasteiger partial charge in [-0.15, -0.1) is 5.10 Å². The van der Waals surface area contributed by atoms with E-state index in [-0.39, 0.29) is 12.6 Å². The highest BCUT2D eigenvalue weighted by Gasteiger charge is 1.98. The quantitative estimate of drug-likeness (QED) is 0.682. The van der Waals surface area contributed by atoms with Crippen LogP contribution in [0.5, 0.6) is 0 Å². The Morgan fingerprint density at radius 1 is 1.60 bits per heavy atom. The molecule has 0 aliphatic rings. The normalized spacial score (nSPS) is 9.80. The largest absolute Gasteiger partial charge is 0.408 e. The molecule has 0 saturated carbocycles. The molecule has 0 radical (unpaired) electrons. The van der Waals surface area contributed by atoms with Crippen molar-refractivity contribution in [1.82, 2.24) is 10.2 Å². The molecule has 0 aliphatic heterocycles. The molecule has 0 amide bonds. The van der Waals surface area contributed by atoms with Crippen LogP contribution in [0.1, 0.15) is 5.89 Å². The van der Waals surface area contributed by atoms with Crippen LogP contribution in [0.4, 0.5) is 10.4 Å². The Hall–Kier alpha value is -1.13. The zero-order chi connectivity index (χ0) is 7.40. The van der Waals surface area contributed by atoms with Crippen molar-refractivity contribution in [3.8, 4) is 0 Å². The smallest absolute Gasteiger partial charge is 0.315 e. The fraction of sp³-hybridized carbons (Fsp3) is 0.600. The minimum absolute atomic E-state index is 0.210. The molecule has 10 heavy (non-hydrogen) atoms. The van der Waals surface area contributed by atoms with Crippen LogP contribution in [0.3, 0.4) is 0 Å². The predicted octanol–water partition coefficient (Wildman–Crippen LogP) is 0.759. The molecule has 0 aromatic carbocycles. The van der Waals surface area contributed by atoms with Gasteiger partial charge in [0.1, 0.15) is 6.67 Å². The molecule has 56 valence electrons. The lowest BCUT2D eigenvalue weighted by Crippen LogP contribution is -2.02. The van der Waals surface area contributed by atoms with Crippen molar-refractivity contribution in [2.75, 3.05) is 18.5 Å². The van der Waals surface area contributed by atoms with Gasteiger partial charge in [-0.2, -0.15) is 0 Å². The van der Waals surface area contributed by atoms with Gasteiger partial charge in [0.25, 0.3) is 0 Å². The van der Waals surface area contributed by atoms with E-state index in [4.69, 9.17) is 4.42 Å². The second-order valence-electron chi connectivity index (χ2n) is 1.74. The summed E-state index contributed by atoms with van der Waals surface area (Å²) >= 11 is 0. The van der Waals surface area contributed by atoms with Crippen LogP contribution in [0.25, 0.3) is 0 Å². The Labute approximate surface area is 57.4 Å². The summed E-state index contributed by atoms with van der Waals surface area (Å²) in [5.74, 6) is 0.473. The molecule has 1 rings (SSSR count). The van der Waals surface area contributed by atoms with E-state index in [9.17, 15) is 4.39 Å². The number of aromatic nitrogens is 2. The fourth-order valence-electron chi connectivity index (χ4n) is 0.522. The number of halogens is 1. The lowest BCUT2D eigenvalue weighted by molar-refractivity contribution is 0.495. The van der Waals surface area contributed by atoms with E-state index in [1.54, 1.807) is 6.92 Å². The third-order valence-electron chi connectivity index (χ3n) is 0.897. The molecule has 1 aromatic heterocycles. The van der Waals surface area contributed by atoms with Crippen LogP contribution in [-0.4, -0.2) is 23.4 Å². The lowest BCUT2D eigenvalue weighted by Gasteiger charge is -1.92. The summed E-state index contributed by atoms with van der Waals surface area (Å²) in [6.07, 6.45) is 0. The minimum atomic E-state index is -0.443. The molecule has 0 atom stereocenters. The van der Waals surface area contributed by atoms with E-state index in [1.807, 2.05) is 0 Å². The van der Waals surface area contributed by atoms with Gasteiger partial charge in [0.05, 0.1) is 0 Å². The molecule has 0 aliphatic carbocycles. The van der Waals surface area contributed by atoms with Gasteiger partial charge in [-0.3, -0.25) is 0 Å². The summed E-state index contributed by atoms with van der Waals surface area (Å²) < 4.78 is 16.4. The molecule has 0 fully saturated rings. The highest BCUT2D eigenvalue weighted by Crippen LogP contribution is 2.01. The monoisotopic (exact) mass is 145 g/mol. The molecule has 5 heteroatoms. The van der Waals surface area contributed by atoms with E-state index >= 15 is 0 Å². The first kappa shape index (κ1) is 6.98. The molecule has 0 unspecified atom stereocenters. The average Bonchev–Trinajstić information content (AvgIpc) is 2.31. The number of aryl methyl sites for hydroxylation is 1. The summed E-state index contributed by atoms with van der Waals surface area (Å²) in [5, 5.41) is 9.73. The first-order valence-corrected chi connectivity index (χ1v) is 2.93. The Balaban J connectivity index is 2.42. The molecule has 0 bridgehead atoms. The molecular weight excluding hydrogens is 137 g/mol. The van der Waals surface area contributed by atoms with Crippen molar-refractivity contribution in [3.05, 3.63) is 5.89 Å². The first-order valence-electron chi connectivity index (χ1n) is 2.93. The number of nitrogens with zero attached hydrogens (tertiary/aromatic N) is 2. The van der Waals surface area contributed by atoms with Crippen molar-refractivity contribution in [2.45, 2.75) is 6.92 Å². The topological polar surface area (TPSA) is 51.0 Å². The molecular formula is C5H8FN3O. The highest BCUT2D eigenvalue weighted by molar-refractivity contribution is 5.15. The van der Waals surface area contributed by atoms with Gasteiger partial charge >= 0.3 is 6.01 Å². The number of alkyl halides is 1. The van der Waals surface area contributed by atoms with Gasteiger partial charge in [0.2, 0.25) is 5.89 Å². The van der Waals surface area contributed by atoms with E-state index in [0.717, 1.165) is 0 Å². The molecule has 0 spiro atoms. The van der Waals surface area contributed by atoms with Crippen molar-refractivity contribution in [2.24, 2.45) is 0 Å². The van der Waals surface area contributed by atoms with Crippen molar-refractivity contribution in [1.29, 1.82) is 0 Å².